The summed E-state index contributed by atoms with van der Waals surface area (Å²) < 4.78 is 0. The van der Waals surface area contributed by atoms with Gasteiger partial charge >= 0.3 is 0 Å². The van der Waals surface area contributed by atoms with E-state index < -0.39 is 0 Å². The quantitative estimate of drug-likeness (QED) is 0.522. The summed E-state index contributed by atoms with van der Waals surface area (Å²) in [4.78, 5) is 0. The van der Waals surface area contributed by atoms with Crippen LogP contribution in [0.4, 0.5) is 0 Å². The second-order valence-corrected chi connectivity index (χ2v) is 4.67. The highest BCUT2D eigenvalue weighted by molar-refractivity contribution is 4.92. The molecule has 0 saturated carbocycles. The standard InChI is InChI=1S/C14H30N2/c1-2-3-4-5-6-7-8-9-10-11-12-14(16)13-15/h13H,2-12,15-16H2,1H3/b14-13+. The van der Waals surface area contributed by atoms with Gasteiger partial charge in [0.25, 0.3) is 0 Å². The van der Waals surface area contributed by atoms with Gasteiger partial charge in [-0.05, 0) is 12.8 Å². The minimum absolute atomic E-state index is 0.833. The molecule has 2 nitrogen and oxygen atoms in total. The predicted octanol–water partition coefficient (Wildman–Crippen LogP) is 4.06. The smallest absolute Gasteiger partial charge is 0.0238 e. The number of hydrogen-bond donors (Lipinski definition) is 2. The molecule has 0 spiro atoms. The maximum absolute atomic E-state index is 5.62. The molecule has 0 radical (unpaired) electrons. The van der Waals surface area contributed by atoms with E-state index in [4.69, 9.17) is 11.5 Å². The highest BCUT2D eigenvalue weighted by atomic mass is 14.6. The van der Waals surface area contributed by atoms with Gasteiger partial charge in [0.2, 0.25) is 0 Å². The predicted molar refractivity (Wildman–Crippen MR) is 72.9 cm³/mol. The van der Waals surface area contributed by atoms with E-state index in [1.165, 1.54) is 70.4 Å². The zero-order chi connectivity index (χ0) is 12.1. The van der Waals surface area contributed by atoms with E-state index in [1.807, 2.05) is 0 Å². The van der Waals surface area contributed by atoms with Crippen LogP contribution in [0, 0.1) is 0 Å². The van der Waals surface area contributed by atoms with Gasteiger partial charge in [-0.15, -0.1) is 0 Å². The third kappa shape index (κ3) is 11.4. The lowest BCUT2D eigenvalue weighted by Gasteiger charge is -2.02. The lowest BCUT2D eigenvalue weighted by Crippen LogP contribution is -2.00. The Morgan fingerprint density at radius 3 is 1.69 bits per heavy atom. The van der Waals surface area contributed by atoms with Gasteiger partial charge in [-0.2, -0.15) is 0 Å². The summed E-state index contributed by atoms with van der Waals surface area (Å²) in [5.74, 6) is 0. The molecule has 0 aromatic rings. The Bertz CT molecular complexity index is 164. The number of hydrogen-bond acceptors (Lipinski definition) is 2. The Kier molecular flexibility index (Phi) is 11.9. The fraction of sp³-hybridized carbons (Fsp3) is 0.857. The summed E-state index contributed by atoms with van der Waals surface area (Å²) in [5.41, 5.74) is 11.8. The monoisotopic (exact) mass is 226 g/mol. The second kappa shape index (κ2) is 12.4. The molecule has 16 heavy (non-hydrogen) atoms. The first-order chi connectivity index (χ1) is 7.81. The van der Waals surface area contributed by atoms with Crippen LogP contribution >= 0.6 is 0 Å². The minimum atomic E-state index is 0.833. The van der Waals surface area contributed by atoms with Crippen LogP contribution in [0.15, 0.2) is 11.9 Å². The van der Waals surface area contributed by atoms with Crippen molar-refractivity contribution in [3.05, 3.63) is 11.9 Å². The van der Waals surface area contributed by atoms with E-state index in [0.29, 0.717) is 0 Å². The zero-order valence-electron chi connectivity index (χ0n) is 11.0. The van der Waals surface area contributed by atoms with E-state index in [9.17, 15) is 0 Å². The third-order valence-electron chi connectivity index (χ3n) is 3.03. The van der Waals surface area contributed by atoms with Crippen molar-refractivity contribution in [1.82, 2.24) is 0 Å². The highest BCUT2D eigenvalue weighted by Crippen LogP contribution is 2.11. The van der Waals surface area contributed by atoms with Crippen molar-refractivity contribution in [2.45, 2.75) is 77.6 Å². The van der Waals surface area contributed by atoms with Crippen molar-refractivity contribution in [2.24, 2.45) is 11.5 Å². The van der Waals surface area contributed by atoms with Gasteiger partial charge in [0.1, 0.15) is 0 Å². The van der Waals surface area contributed by atoms with Crippen molar-refractivity contribution < 1.29 is 0 Å². The fourth-order valence-corrected chi connectivity index (χ4v) is 1.90. The molecule has 0 rings (SSSR count). The van der Waals surface area contributed by atoms with Crippen molar-refractivity contribution in [3.63, 3.8) is 0 Å². The van der Waals surface area contributed by atoms with Crippen LogP contribution in [0.5, 0.6) is 0 Å². The molecule has 0 aromatic heterocycles. The van der Waals surface area contributed by atoms with E-state index in [-0.39, 0.29) is 0 Å². The van der Waals surface area contributed by atoms with E-state index in [1.54, 1.807) is 0 Å². The molecule has 0 fully saturated rings. The van der Waals surface area contributed by atoms with Crippen molar-refractivity contribution in [1.29, 1.82) is 0 Å². The average Bonchev–Trinajstić information content (AvgIpc) is 2.31. The van der Waals surface area contributed by atoms with Crippen LogP contribution < -0.4 is 11.5 Å². The number of allylic oxidation sites excluding steroid dienone is 1. The van der Waals surface area contributed by atoms with Gasteiger partial charge in [0, 0.05) is 11.9 Å². The fourth-order valence-electron chi connectivity index (χ4n) is 1.90. The number of unbranched alkanes of at least 4 members (excludes halogenated alkanes) is 9. The molecule has 0 bridgehead atoms. The molecule has 0 heterocycles. The topological polar surface area (TPSA) is 52.0 Å². The molecule has 0 aromatic carbocycles. The SMILES string of the molecule is CCCCCCCCCCCC/C(N)=C\N. The molecule has 0 aliphatic carbocycles. The molecule has 96 valence electrons. The Morgan fingerprint density at radius 1 is 0.812 bits per heavy atom. The Morgan fingerprint density at radius 2 is 1.25 bits per heavy atom. The summed E-state index contributed by atoms with van der Waals surface area (Å²) in [6.07, 6.45) is 16.1. The van der Waals surface area contributed by atoms with E-state index in [2.05, 4.69) is 6.92 Å². The molecule has 0 aliphatic heterocycles. The van der Waals surface area contributed by atoms with Crippen LogP contribution in [-0.4, -0.2) is 0 Å². The van der Waals surface area contributed by atoms with Crippen LogP contribution in [0.2, 0.25) is 0 Å². The van der Waals surface area contributed by atoms with Crippen molar-refractivity contribution in [3.8, 4) is 0 Å². The molecule has 0 saturated heterocycles. The third-order valence-corrected chi connectivity index (χ3v) is 3.03. The van der Waals surface area contributed by atoms with Crippen molar-refractivity contribution in [2.75, 3.05) is 0 Å². The molecule has 0 aliphatic rings. The zero-order valence-corrected chi connectivity index (χ0v) is 11.0. The van der Waals surface area contributed by atoms with Gasteiger partial charge in [-0.3, -0.25) is 0 Å². The molecule has 0 amide bonds. The first-order valence-electron chi connectivity index (χ1n) is 6.97. The summed E-state index contributed by atoms with van der Waals surface area (Å²) in [6, 6.07) is 0. The average molecular weight is 226 g/mol. The molecule has 4 N–H and O–H groups in total. The van der Waals surface area contributed by atoms with E-state index >= 15 is 0 Å². The minimum Gasteiger partial charge on any atom is -0.403 e. The summed E-state index contributed by atoms with van der Waals surface area (Å²) in [5, 5.41) is 0. The van der Waals surface area contributed by atoms with E-state index in [0.717, 1.165) is 12.1 Å². The lowest BCUT2D eigenvalue weighted by molar-refractivity contribution is 0.555. The number of rotatable bonds is 11. The first kappa shape index (κ1) is 15.3. The van der Waals surface area contributed by atoms with Crippen LogP contribution in [-0.2, 0) is 0 Å². The molecular formula is C14H30N2. The Labute approximate surface area is 101 Å². The first-order valence-corrected chi connectivity index (χ1v) is 6.97. The summed E-state index contributed by atoms with van der Waals surface area (Å²) >= 11 is 0. The highest BCUT2D eigenvalue weighted by Gasteiger charge is 1.93. The normalized spacial score (nSPS) is 11.9. The van der Waals surface area contributed by atoms with Crippen LogP contribution in [0.3, 0.4) is 0 Å². The van der Waals surface area contributed by atoms with Crippen LogP contribution in [0.1, 0.15) is 77.6 Å². The molecular weight excluding hydrogens is 196 g/mol. The maximum Gasteiger partial charge on any atom is 0.0238 e. The largest absolute Gasteiger partial charge is 0.403 e. The van der Waals surface area contributed by atoms with Gasteiger partial charge in [0.15, 0.2) is 0 Å². The van der Waals surface area contributed by atoms with Crippen molar-refractivity contribution >= 4 is 0 Å². The molecule has 0 atom stereocenters. The summed E-state index contributed by atoms with van der Waals surface area (Å²) in [7, 11) is 0. The Balaban J connectivity index is 2.99. The lowest BCUT2D eigenvalue weighted by atomic mass is 10.1. The van der Waals surface area contributed by atoms with Gasteiger partial charge in [-0.1, -0.05) is 64.7 Å². The van der Waals surface area contributed by atoms with Crippen LogP contribution in [0.25, 0.3) is 0 Å². The second-order valence-electron chi connectivity index (χ2n) is 4.67. The Hall–Kier alpha value is -0.660. The molecule has 0 unspecified atom stereocenters. The van der Waals surface area contributed by atoms with Gasteiger partial charge in [0.05, 0.1) is 0 Å². The van der Waals surface area contributed by atoms with Gasteiger partial charge < -0.3 is 11.5 Å². The van der Waals surface area contributed by atoms with Gasteiger partial charge in [-0.25, -0.2) is 0 Å². The molecule has 2 heteroatoms. The number of nitrogens with two attached hydrogens (primary N) is 2. The maximum atomic E-state index is 5.62. The summed E-state index contributed by atoms with van der Waals surface area (Å²) in [6.45, 7) is 2.27.